The van der Waals surface area contributed by atoms with Gasteiger partial charge in [-0.2, -0.15) is 0 Å². The molecule has 18 heavy (non-hydrogen) atoms. The van der Waals surface area contributed by atoms with Crippen LogP contribution in [0, 0.1) is 0 Å². The molecule has 104 valence electrons. The van der Waals surface area contributed by atoms with Crippen molar-refractivity contribution in [1.82, 2.24) is 10.2 Å². The van der Waals surface area contributed by atoms with E-state index in [1.165, 1.54) is 7.11 Å². The molecule has 0 aromatic rings. The Morgan fingerprint density at radius 3 is 2.61 bits per heavy atom. The van der Waals surface area contributed by atoms with Crippen LogP contribution >= 0.6 is 0 Å². The molecule has 0 spiro atoms. The first-order valence-corrected chi connectivity index (χ1v) is 6.37. The zero-order valence-corrected chi connectivity index (χ0v) is 10.9. The summed E-state index contributed by atoms with van der Waals surface area (Å²) in [7, 11) is 1.39. The lowest BCUT2D eigenvalue weighted by molar-refractivity contribution is -0.140. The number of esters is 1. The summed E-state index contributed by atoms with van der Waals surface area (Å²) in [5.74, 6) is -0.0278. The summed E-state index contributed by atoms with van der Waals surface area (Å²) in [5, 5.41) is 3.15. The number of carbonyl (C=O) groups is 2. The molecule has 0 bridgehead atoms. The van der Waals surface area contributed by atoms with Crippen molar-refractivity contribution in [2.45, 2.75) is 19.3 Å². The third kappa shape index (κ3) is 5.97. The number of nitrogens with one attached hydrogen (secondary N) is 1. The predicted molar refractivity (Wildman–Crippen MR) is 66.1 cm³/mol. The van der Waals surface area contributed by atoms with Crippen LogP contribution in [0.1, 0.15) is 19.3 Å². The Morgan fingerprint density at radius 1 is 1.22 bits per heavy atom. The van der Waals surface area contributed by atoms with Crippen molar-refractivity contribution >= 4 is 11.9 Å². The number of ether oxygens (including phenoxy) is 2. The molecule has 0 radical (unpaired) electrons. The number of hydrogen-bond acceptors (Lipinski definition) is 5. The van der Waals surface area contributed by atoms with Crippen molar-refractivity contribution in [1.29, 1.82) is 0 Å². The van der Waals surface area contributed by atoms with Crippen LogP contribution in [0.3, 0.4) is 0 Å². The molecule has 6 nitrogen and oxygen atoms in total. The van der Waals surface area contributed by atoms with E-state index < -0.39 is 0 Å². The van der Waals surface area contributed by atoms with Crippen molar-refractivity contribution in [2.75, 3.05) is 46.5 Å². The lowest BCUT2D eigenvalue weighted by atomic mass is 10.3. The molecule has 6 heteroatoms. The van der Waals surface area contributed by atoms with E-state index in [0.29, 0.717) is 45.7 Å². The van der Waals surface area contributed by atoms with Crippen molar-refractivity contribution in [3.8, 4) is 0 Å². The fourth-order valence-electron chi connectivity index (χ4n) is 1.75. The molecule has 1 aliphatic rings. The fraction of sp³-hybridized carbons (Fsp3) is 0.833. The van der Waals surface area contributed by atoms with Gasteiger partial charge < -0.3 is 19.7 Å². The van der Waals surface area contributed by atoms with Gasteiger partial charge in [-0.05, 0) is 13.0 Å². The first-order chi connectivity index (χ1) is 8.74. The Labute approximate surface area is 108 Å². The van der Waals surface area contributed by atoms with Gasteiger partial charge in [0.25, 0.3) is 0 Å². The quantitative estimate of drug-likeness (QED) is 0.505. The van der Waals surface area contributed by atoms with Gasteiger partial charge in [-0.25, -0.2) is 0 Å². The molecule has 1 saturated heterocycles. The topological polar surface area (TPSA) is 67.9 Å². The van der Waals surface area contributed by atoms with Gasteiger partial charge in [0.1, 0.15) is 0 Å². The van der Waals surface area contributed by atoms with E-state index in [1.54, 1.807) is 0 Å². The number of amides is 1. The molecule has 1 heterocycles. The summed E-state index contributed by atoms with van der Waals surface area (Å²) in [5.41, 5.74) is 0. The molecule has 1 amide bonds. The Bertz CT molecular complexity index is 265. The minimum atomic E-state index is -0.193. The maximum atomic E-state index is 11.7. The molecule has 1 aliphatic heterocycles. The number of hydrogen-bond donors (Lipinski definition) is 1. The number of rotatable bonds is 7. The maximum absolute atomic E-state index is 11.7. The van der Waals surface area contributed by atoms with E-state index in [-0.39, 0.29) is 11.9 Å². The van der Waals surface area contributed by atoms with E-state index >= 15 is 0 Å². The number of methoxy groups -OCH3 is 1. The van der Waals surface area contributed by atoms with Gasteiger partial charge in [0, 0.05) is 32.5 Å². The van der Waals surface area contributed by atoms with Gasteiger partial charge in [0.05, 0.1) is 20.3 Å². The lowest BCUT2D eigenvalue weighted by Gasteiger charge is -2.26. The van der Waals surface area contributed by atoms with Gasteiger partial charge in [0.15, 0.2) is 0 Å². The predicted octanol–water partition coefficient (Wildman–Crippen LogP) is -0.222. The maximum Gasteiger partial charge on any atom is 0.305 e. The molecule has 1 fully saturated rings. The average molecular weight is 258 g/mol. The summed E-state index contributed by atoms with van der Waals surface area (Å²) in [6.07, 6.45) is 1.65. The fourth-order valence-corrected chi connectivity index (χ4v) is 1.75. The third-order valence-electron chi connectivity index (χ3n) is 2.84. The highest BCUT2D eigenvalue weighted by Crippen LogP contribution is 1.99. The Morgan fingerprint density at radius 2 is 1.94 bits per heavy atom. The first kappa shape index (κ1) is 14.9. The third-order valence-corrected chi connectivity index (χ3v) is 2.84. The Balaban J connectivity index is 1.96. The second-order valence-electron chi connectivity index (χ2n) is 4.17. The zero-order valence-electron chi connectivity index (χ0n) is 10.9. The van der Waals surface area contributed by atoms with Gasteiger partial charge >= 0.3 is 5.97 Å². The van der Waals surface area contributed by atoms with E-state index in [2.05, 4.69) is 10.1 Å². The smallest absolute Gasteiger partial charge is 0.305 e. The summed E-state index contributed by atoms with van der Waals surface area (Å²) >= 11 is 0. The second-order valence-corrected chi connectivity index (χ2v) is 4.17. The highest BCUT2D eigenvalue weighted by atomic mass is 16.5. The van der Waals surface area contributed by atoms with E-state index in [4.69, 9.17) is 4.74 Å². The molecular weight excluding hydrogens is 236 g/mol. The molecule has 0 aliphatic carbocycles. The molecule has 0 unspecified atom stereocenters. The summed E-state index contributed by atoms with van der Waals surface area (Å²) in [4.78, 5) is 24.4. The average Bonchev–Trinajstić information content (AvgIpc) is 2.43. The van der Waals surface area contributed by atoms with Crippen molar-refractivity contribution in [2.24, 2.45) is 0 Å². The molecule has 0 saturated carbocycles. The number of morpholine rings is 1. The van der Waals surface area contributed by atoms with Crippen LogP contribution in [-0.2, 0) is 19.1 Å². The SMILES string of the molecule is COC(=O)CCCNCCC(=O)N1CCOCC1. The molecule has 1 N–H and O–H groups in total. The van der Waals surface area contributed by atoms with Gasteiger partial charge in [-0.3, -0.25) is 9.59 Å². The lowest BCUT2D eigenvalue weighted by Crippen LogP contribution is -2.41. The molecular formula is C12H22N2O4. The van der Waals surface area contributed by atoms with E-state index in [1.807, 2.05) is 4.90 Å². The van der Waals surface area contributed by atoms with Gasteiger partial charge in [-0.1, -0.05) is 0 Å². The number of carbonyl (C=O) groups excluding carboxylic acids is 2. The Kier molecular flexibility index (Phi) is 7.36. The van der Waals surface area contributed by atoms with Gasteiger partial charge in [-0.15, -0.1) is 0 Å². The van der Waals surface area contributed by atoms with Crippen LogP contribution in [0.5, 0.6) is 0 Å². The van der Waals surface area contributed by atoms with Crippen LogP contribution in [0.25, 0.3) is 0 Å². The van der Waals surface area contributed by atoms with Crippen molar-refractivity contribution in [3.05, 3.63) is 0 Å². The highest BCUT2D eigenvalue weighted by Gasteiger charge is 2.15. The van der Waals surface area contributed by atoms with Crippen LogP contribution < -0.4 is 5.32 Å². The monoisotopic (exact) mass is 258 g/mol. The molecule has 1 rings (SSSR count). The van der Waals surface area contributed by atoms with Crippen LogP contribution in [0.4, 0.5) is 0 Å². The minimum absolute atomic E-state index is 0.166. The van der Waals surface area contributed by atoms with Crippen LogP contribution in [0.15, 0.2) is 0 Å². The van der Waals surface area contributed by atoms with Crippen LogP contribution in [-0.4, -0.2) is 63.3 Å². The minimum Gasteiger partial charge on any atom is -0.469 e. The van der Waals surface area contributed by atoms with Crippen molar-refractivity contribution < 1.29 is 19.1 Å². The largest absolute Gasteiger partial charge is 0.469 e. The molecule has 0 aromatic carbocycles. The summed E-state index contributed by atoms with van der Waals surface area (Å²) in [6.45, 7) is 4.04. The first-order valence-electron chi connectivity index (χ1n) is 6.37. The van der Waals surface area contributed by atoms with E-state index in [9.17, 15) is 9.59 Å². The Hall–Kier alpha value is -1.14. The molecule has 0 aromatic heterocycles. The van der Waals surface area contributed by atoms with Gasteiger partial charge in [0.2, 0.25) is 5.91 Å². The standard InChI is InChI=1S/C12H22N2O4/c1-17-12(16)3-2-5-13-6-4-11(15)14-7-9-18-10-8-14/h13H,2-10H2,1H3. The zero-order chi connectivity index (χ0) is 13.2. The normalized spacial score (nSPS) is 15.5. The van der Waals surface area contributed by atoms with Crippen LogP contribution in [0.2, 0.25) is 0 Å². The molecule has 0 atom stereocenters. The summed E-state index contributed by atoms with van der Waals surface area (Å²) in [6, 6.07) is 0. The summed E-state index contributed by atoms with van der Waals surface area (Å²) < 4.78 is 9.72. The second kappa shape index (κ2) is 8.88. The number of nitrogens with zero attached hydrogens (tertiary/aromatic N) is 1. The van der Waals surface area contributed by atoms with E-state index in [0.717, 1.165) is 13.0 Å². The van der Waals surface area contributed by atoms with Crippen molar-refractivity contribution in [3.63, 3.8) is 0 Å². The highest BCUT2D eigenvalue weighted by molar-refractivity contribution is 5.76.